The van der Waals surface area contributed by atoms with Crippen LogP contribution in [-0.4, -0.2) is 45.8 Å². The normalized spacial score (nSPS) is 42.5. The molecule has 1 aromatic carbocycles. The van der Waals surface area contributed by atoms with Crippen LogP contribution >= 0.6 is 0 Å². The van der Waals surface area contributed by atoms with E-state index in [2.05, 4.69) is 5.32 Å². The monoisotopic (exact) mass is 513 g/mol. The highest BCUT2D eigenvalue weighted by molar-refractivity contribution is 6.01. The molecule has 8 atom stereocenters. The molecule has 3 fully saturated rings. The molecule has 1 aromatic rings. The second kappa shape index (κ2) is 8.84. The Bertz CT molecular complexity index is 1160. The molecule has 7 heteroatoms. The summed E-state index contributed by atoms with van der Waals surface area (Å²) in [5.74, 6) is -2.20. The van der Waals surface area contributed by atoms with Crippen LogP contribution in [0.2, 0.25) is 0 Å². The second-order valence-electron chi connectivity index (χ2n) is 12.2. The summed E-state index contributed by atoms with van der Waals surface area (Å²) >= 11 is 0. The Morgan fingerprint density at radius 2 is 1.89 bits per heavy atom. The van der Waals surface area contributed by atoms with Crippen molar-refractivity contribution >= 4 is 11.7 Å². The first-order valence-corrected chi connectivity index (χ1v) is 13.4. The number of hydrogen-bond donors (Lipinski definition) is 3. The number of carbonyl (C=O) groups excluding carboxylic acids is 2. The first-order valence-electron chi connectivity index (χ1n) is 13.4. The van der Waals surface area contributed by atoms with Crippen LogP contribution in [0.5, 0.6) is 0 Å². The Morgan fingerprint density at radius 1 is 1.19 bits per heavy atom. The zero-order valence-corrected chi connectivity index (χ0v) is 21.8. The van der Waals surface area contributed by atoms with Crippen LogP contribution in [0.1, 0.15) is 58.4 Å². The molecule has 37 heavy (non-hydrogen) atoms. The molecule has 0 radical (unpaired) electrons. The predicted octanol–water partition coefficient (Wildman–Crippen LogP) is 4.22. The fourth-order valence-electron chi connectivity index (χ4n) is 8.31. The number of ketones is 1. The minimum absolute atomic E-state index is 0.0425. The van der Waals surface area contributed by atoms with E-state index in [-0.39, 0.29) is 23.9 Å². The van der Waals surface area contributed by atoms with Crippen molar-refractivity contribution in [1.82, 2.24) is 5.32 Å². The van der Waals surface area contributed by atoms with E-state index in [0.29, 0.717) is 44.2 Å². The molecule has 0 aromatic heterocycles. The Morgan fingerprint density at radius 3 is 2.59 bits per heavy atom. The number of amides is 1. The molecule has 4 aliphatic carbocycles. The number of carbonyl (C=O) groups is 2. The average Bonchev–Trinajstić information content (AvgIpc) is 3.05. The van der Waals surface area contributed by atoms with Gasteiger partial charge in [0.05, 0.1) is 6.10 Å². The molecular formula is C30H37F2NO4. The molecule has 0 bridgehead atoms. The smallest absolute Gasteiger partial charge is 0.252 e. The third kappa shape index (κ3) is 3.60. The van der Waals surface area contributed by atoms with Gasteiger partial charge in [-0.15, -0.1) is 0 Å². The summed E-state index contributed by atoms with van der Waals surface area (Å²) in [5, 5.41) is 26.3. The number of aliphatic hydroxyl groups excluding tert-OH is 1. The lowest BCUT2D eigenvalue weighted by Crippen LogP contribution is -2.70. The highest BCUT2D eigenvalue weighted by Crippen LogP contribution is 2.70. The second-order valence-corrected chi connectivity index (χ2v) is 12.2. The van der Waals surface area contributed by atoms with Gasteiger partial charge in [-0.3, -0.25) is 9.59 Å². The fourth-order valence-corrected chi connectivity index (χ4v) is 8.31. The molecule has 4 aliphatic rings. The lowest BCUT2D eigenvalue weighted by molar-refractivity contribution is -0.219. The van der Waals surface area contributed by atoms with Gasteiger partial charge in [0.1, 0.15) is 5.82 Å². The number of nitrogens with one attached hydrogen (secondary N) is 1. The van der Waals surface area contributed by atoms with Crippen LogP contribution in [0.15, 0.2) is 48.1 Å². The molecule has 0 heterocycles. The summed E-state index contributed by atoms with van der Waals surface area (Å²) in [6.07, 6.45) is 5.84. The van der Waals surface area contributed by atoms with Gasteiger partial charge in [0.15, 0.2) is 17.1 Å². The van der Waals surface area contributed by atoms with Crippen LogP contribution in [0, 0.1) is 34.4 Å². The maximum absolute atomic E-state index is 17.2. The van der Waals surface area contributed by atoms with Crippen molar-refractivity contribution in [3.63, 3.8) is 0 Å². The third-order valence-electron chi connectivity index (χ3n) is 10.4. The van der Waals surface area contributed by atoms with Gasteiger partial charge in [-0.2, -0.15) is 0 Å². The number of hydrogen-bond acceptors (Lipinski definition) is 4. The number of fused-ring (bicyclic) bond motifs is 5. The molecule has 200 valence electrons. The highest BCUT2D eigenvalue weighted by atomic mass is 19.1. The van der Waals surface area contributed by atoms with Gasteiger partial charge >= 0.3 is 0 Å². The van der Waals surface area contributed by atoms with Crippen molar-refractivity contribution in [3.8, 4) is 0 Å². The Labute approximate surface area is 217 Å². The quantitative estimate of drug-likeness (QED) is 0.515. The zero-order valence-electron chi connectivity index (χ0n) is 21.8. The Hall–Kier alpha value is -2.38. The van der Waals surface area contributed by atoms with Crippen LogP contribution in [0.4, 0.5) is 8.78 Å². The Kier molecular flexibility index (Phi) is 6.27. The fraction of sp³-hybridized carbons (Fsp3) is 0.600. The van der Waals surface area contributed by atoms with E-state index in [4.69, 9.17) is 0 Å². The van der Waals surface area contributed by atoms with Crippen LogP contribution in [0.3, 0.4) is 0 Å². The van der Waals surface area contributed by atoms with Crippen molar-refractivity contribution in [2.45, 2.75) is 76.7 Å². The van der Waals surface area contributed by atoms with Crippen LogP contribution in [0.25, 0.3) is 0 Å². The van der Waals surface area contributed by atoms with Crippen molar-refractivity contribution in [3.05, 3.63) is 59.4 Å². The van der Waals surface area contributed by atoms with Crippen molar-refractivity contribution in [1.29, 1.82) is 0 Å². The zero-order chi connectivity index (χ0) is 26.8. The minimum atomic E-state index is -1.99. The van der Waals surface area contributed by atoms with E-state index in [1.54, 1.807) is 25.1 Å². The van der Waals surface area contributed by atoms with Gasteiger partial charge in [0.25, 0.3) is 5.91 Å². The summed E-state index contributed by atoms with van der Waals surface area (Å²) in [7, 11) is 0. The number of aryl methyl sites for hydroxylation is 1. The summed E-state index contributed by atoms with van der Waals surface area (Å²) < 4.78 is 30.4. The Balaban J connectivity index is 1.36. The van der Waals surface area contributed by atoms with E-state index >= 15 is 4.39 Å². The van der Waals surface area contributed by atoms with E-state index in [9.17, 15) is 24.2 Å². The molecule has 8 unspecified atom stereocenters. The minimum Gasteiger partial charge on any atom is -0.390 e. The van der Waals surface area contributed by atoms with Gasteiger partial charge in [-0.25, -0.2) is 8.78 Å². The summed E-state index contributed by atoms with van der Waals surface area (Å²) in [6, 6.07) is 6.24. The average molecular weight is 514 g/mol. The van der Waals surface area contributed by atoms with Gasteiger partial charge in [0.2, 0.25) is 0 Å². The van der Waals surface area contributed by atoms with Crippen molar-refractivity contribution < 1.29 is 28.6 Å². The summed E-state index contributed by atoms with van der Waals surface area (Å²) in [5.41, 5.74) is -4.17. The van der Waals surface area contributed by atoms with Gasteiger partial charge in [0, 0.05) is 23.3 Å². The lowest BCUT2D eigenvalue weighted by atomic mass is 9.44. The number of alkyl halides is 1. The molecular weight excluding hydrogens is 476 g/mol. The molecule has 5 nitrogen and oxygen atoms in total. The predicted molar refractivity (Wildman–Crippen MR) is 136 cm³/mol. The molecule has 5 rings (SSSR count). The number of halogens is 2. The number of aliphatic hydroxyl groups is 2. The van der Waals surface area contributed by atoms with E-state index in [0.717, 1.165) is 5.56 Å². The molecule has 0 aliphatic heterocycles. The maximum Gasteiger partial charge on any atom is 0.252 e. The molecule has 3 saturated carbocycles. The number of benzene rings is 1. The van der Waals surface area contributed by atoms with Gasteiger partial charge in [-0.05, 0) is 87.1 Å². The van der Waals surface area contributed by atoms with E-state index < -0.39 is 45.9 Å². The van der Waals surface area contributed by atoms with Gasteiger partial charge < -0.3 is 15.5 Å². The topological polar surface area (TPSA) is 86.6 Å². The van der Waals surface area contributed by atoms with Gasteiger partial charge in [-0.1, -0.05) is 37.6 Å². The molecule has 0 saturated heterocycles. The maximum atomic E-state index is 17.2. The standard InChI is InChI=1S/C30H37F2NO4/c1-18-15-24-23-11-8-20-16-22(34)12-13-27(20,2)29(23,32)25(35)17-28(24,3)30(18,37)26(36)33-14-4-5-19-6-9-21(31)10-7-19/h6-7,9-10,12-13,16,18,23-25,35,37H,4-5,8,11,14-15,17H2,1-3H3,(H,33,36). The first kappa shape index (κ1) is 26.2. The highest BCUT2D eigenvalue weighted by Gasteiger charge is 2.75. The first-order chi connectivity index (χ1) is 17.4. The van der Waals surface area contributed by atoms with Crippen molar-refractivity contribution in [2.75, 3.05) is 6.54 Å². The van der Waals surface area contributed by atoms with E-state index in [1.165, 1.54) is 24.3 Å². The van der Waals surface area contributed by atoms with Crippen LogP contribution < -0.4 is 5.32 Å². The molecule has 1 amide bonds. The summed E-state index contributed by atoms with van der Waals surface area (Å²) in [4.78, 5) is 25.5. The SMILES string of the molecule is CC1CC2C3CCC4=CC(=O)C=CC4(C)C3(F)C(O)CC2(C)C1(O)C(=O)NCCCc1ccc(F)cc1. The molecule has 3 N–H and O–H groups in total. The molecule has 0 spiro atoms. The third-order valence-corrected chi connectivity index (χ3v) is 10.4. The summed E-state index contributed by atoms with van der Waals surface area (Å²) in [6.45, 7) is 5.77. The van der Waals surface area contributed by atoms with Crippen LogP contribution in [-0.2, 0) is 16.0 Å². The number of rotatable bonds is 5. The largest absolute Gasteiger partial charge is 0.390 e. The van der Waals surface area contributed by atoms with E-state index in [1.807, 2.05) is 13.8 Å². The lowest BCUT2D eigenvalue weighted by Gasteiger charge is -2.62. The van der Waals surface area contributed by atoms with Crippen molar-refractivity contribution in [2.24, 2.45) is 28.6 Å². The number of allylic oxidation sites excluding steroid dienone is 4.